The van der Waals surface area contributed by atoms with Gasteiger partial charge in [0.25, 0.3) is 5.78 Å². The molecule has 1 amide bonds. The number of hydrogen-bond acceptors (Lipinski definition) is 4. The van der Waals surface area contributed by atoms with Gasteiger partial charge in [0.2, 0.25) is 5.91 Å². The number of rotatable bonds is 4. The van der Waals surface area contributed by atoms with Crippen molar-refractivity contribution in [2.24, 2.45) is 0 Å². The summed E-state index contributed by atoms with van der Waals surface area (Å²) >= 11 is 0. The zero-order valence-corrected chi connectivity index (χ0v) is 16.4. The Morgan fingerprint density at radius 1 is 1.07 bits per heavy atom. The third-order valence-corrected chi connectivity index (χ3v) is 4.79. The Morgan fingerprint density at radius 3 is 2.55 bits per heavy atom. The van der Waals surface area contributed by atoms with Crippen LogP contribution in [-0.4, -0.2) is 25.5 Å². The van der Waals surface area contributed by atoms with Gasteiger partial charge in [-0.1, -0.05) is 23.8 Å². The normalized spacial score (nSPS) is 11.0. The predicted molar refractivity (Wildman–Crippen MR) is 109 cm³/mol. The highest BCUT2D eigenvalue weighted by molar-refractivity contribution is 5.92. The van der Waals surface area contributed by atoms with Crippen molar-refractivity contribution in [3.8, 4) is 11.4 Å². The Labute approximate surface area is 167 Å². The van der Waals surface area contributed by atoms with E-state index >= 15 is 0 Å². The third-order valence-electron chi connectivity index (χ3n) is 4.79. The molecule has 4 rings (SSSR count). The molecule has 0 aliphatic carbocycles. The molecule has 0 aliphatic heterocycles. The number of fused-ring (bicyclic) bond motifs is 1. The Hall–Kier alpha value is -3.61. The van der Waals surface area contributed by atoms with Crippen LogP contribution in [0.3, 0.4) is 0 Å². The van der Waals surface area contributed by atoms with Crippen LogP contribution < -0.4 is 5.32 Å². The van der Waals surface area contributed by atoms with Crippen molar-refractivity contribution in [1.82, 2.24) is 19.6 Å². The number of nitrogens with one attached hydrogen (secondary N) is 1. The molecule has 0 spiro atoms. The average Bonchev–Trinajstić information content (AvgIpc) is 3.11. The number of amides is 1. The lowest BCUT2D eigenvalue weighted by Crippen LogP contribution is -2.17. The van der Waals surface area contributed by atoms with Crippen molar-refractivity contribution in [1.29, 1.82) is 0 Å². The molecule has 7 heteroatoms. The molecule has 0 aliphatic rings. The van der Waals surface area contributed by atoms with Crippen LogP contribution in [0, 0.1) is 26.6 Å². The van der Waals surface area contributed by atoms with Crippen molar-refractivity contribution in [2.75, 3.05) is 5.32 Å². The van der Waals surface area contributed by atoms with Gasteiger partial charge in [0, 0.05) is 28.2 Å². The summed E-state index contributed by atoms with van der Waals surface area (Å²) in [5.74, 6) is 0.540. The van der Waals surface area contributed by atoms with Crippen LogP contribution in [0.4, 0.5) is 10.1 Å². The quantitative estimate of drug-likeness (QED) is 0.572. The maximum atomic E-state index is 13.0. The monoisotopic (exact) mass is 389 g/mol. The summed E-state index contributed by atoms with van der Waals surface area (Å²) in [6.07, 6.45) is 0.137. The van der Waals surface area contributed by atoms with Crippen LogP contribution in [0.5, 0.6) is 0 Å². The van der Waals surface area contributed by atoms with Gasteiger partial charge < -0.3 is 5.32 Å². The molecule has 0 fully saturated rings. The number of aromatic nitrogens is 4. The van der Waals surface area contributed by atoms with Crippen molar-refractivity contribution in [3.05, 3.63) is 76.9 Å². The second kappa shape index (κ2) is 7.43. The Balaban J connectivity index is 1.64. The molecule has 0 radical (unpaired) electrons. The van der Waals surface area contributed by atoms with Crippen molar-refractivity contribution < 1.29 is 9.18 Å². The summed E-state index contributed by atoms with van der Waals surface area (Å²) in [4.78, 5) is 21.6. The van der Waals surface area contributed by atoms with Gasteiger partial charge >= 0.3 is 0 Å². The summed E-state index contributed by atoms with van der Waals surface area (Å²) in [5, 5.41) is 7.37. The highest BCUT2D eigenvalue weighted by Gasteiger charge is 2.17. The molecule has 2 heterocycles. The minimum atomic E-state index is -0.347. The Kier molecular flexibility index (Phi) is 4.80. The minimum absolute atomic E-state index is 0.137. The van der Waals surface area contributed by atoms with Crippen molar-refractivity contribution in [3.63, 3.8) is 0 Å². The van der Waals surface area contributed by atoms with E-state index in [1.807, 2.05) is 45.0 Å². The first-order valence-electron chi connectivity index (χ1n) is 9.26. The summed E-state index contributed by atoms with van der Waals surface area (Å²) in [6.45, 7) is 5.77. The lowest BCUT2D eigenvalue weighted by Gasteiger charge is -2.10. The second-order valence-corrected chi connectivity index (χ2v) is 7.01. The Morgan fingerprint density at radius 2 is 1.83 bits per heavy atom. The van der Waals surface area contributed by atoms with Crippen LogP contribution in [-0.2, 0) is 11.2 Å². The molecule has 0 bridgehead atoms. The molecule has 146 valence electrons. The molecule has 0 atom stereocenters. The lowest BCUT2D eigenvalue weighted by atomic mass is 10.1. The fourth-order valence-electron chi connectivity index (χ4n) is 3.27. The smallest absolute Gasteiger partial charge is 0.253 e. The summed E-state index contributed by atoms with van der Waals surface area (Å²) in [7, 11) is 0. The van der Waals surface area contributed by atoms with Crippen LogP contribution >= 0.6 is 0 Å². The number of halogens is 1. The molecule has 1 N–H and O–H groups in total. The first-order chi connectivity index (χ1) is 13.9. The molecular formula is C22H20FN5O. The first kappa shape index (κ1) is 18.7. The molecule has 2 aromatic carbocycles. The third kappa shape index (κ3) is 3.85. The lowest BCUT2D eigenvalue weighted by molar-refractivity contribution is -0.115. The fraction of sp³-hybridized carbons (Fsp3) is 0.182. The largest absolute Gasteiger partial charge is 0.326 e. The Bertz CT molecular complexity index is 1210. The predicted octanol–water partition coefficient (Wildman–Crippen LogP) is 4.04. The van der Waals surface area contributed by atoms with Crippen molar-refractivity contribution in [2.45, 2.75) is 27.2 Å². The standard InChI is InChI=1S/C22H20FN5O/c1-13-5-4-6-16(11-13)21-26-22-24-14(2)19(15(3)28(22)27-21)12-20(29)25-18-9-7-17(23)8-10-18/h4-11H,12H2,1-3H3,(H,25,29). The zero-order chi connectivity index (χ0) is 20.5. The maximum absolute atomic E-state index is 13.0. The number of hydrogen-bond donors (Lipinski definition) is 1. The van der Waals surface area contributed by atoms with E-state index in [9.17, 15) is 9.18 Å². The van der Waals surface area contributed by atoms with Crippen LogP contribution in [0.25, 0.3) is 17.2 Å². The van der Waals surface area contributed by atoms with E-state index in [1.165, 1.54) is 24.3 Å². The molecular weight excluding hydrogens is 369 g/mol. The van der Waals surface area contributed by atoms with Crippen LogP contribution in [0.2, 0.25) is 0 Å². The van der Waals surface area contributed by atoms with Gasteiger partial charge in [0.05, 0.1) is 6.42 Å². The number of benzene rings is 2. The molecule has 0 unspecified atom stereocenters. The van der Waals surface area contributed by atoms with Gasteiger partial charge in [-0.2, -0.15) is 4.98 Å². The van der Waals surface area contributed by atoms with Gasteiger partial charge in [0.1, 0.15) is 5.82 Å². The van der Waals surface area contributed by atoms with E-state index in [2.05, 4.69) is 20.4 Å². The van der Waals surface area contributed by atoms with Gasteiger partial charge in [-0.05, 0) is 51.1 Å². The van der Waals surface area contributed by atoms with Gasteiger partial charge in [-0.15, -0.1) is 5.10 Å². The van der Waals surface area contributed by atoms with Gasteiger partial charge in [-0.25, -0.2) is 13.9 Å². The number of anilines is 1. The molecule has 0 saturated heterocycles. The average molecular weight is 389 g/mol. The minimum Gasteiger partial charge on any atom is -0.326 e. The number of carbonyl (C=O) groups excluding carboxylic acids is 1. The highest BCUT2D eigenvalue weighted by Crippen LogP contribution is 2.20. The summed E-state index contributed by atoms with van der Waals surface area (Å²) < 4.78 is 14.7. The van der Waals surface area contributed by atoms with E-state index in [1.54, 1.807) is 4.52 Å². The summed E-state index contributed by atoms with van der Waals surface area (Å²) in [6, 6.07) is 13.6. The first-order valence-corrected chi connectivity index (χ1v) is 9.26. The number of nitrogens with zero attached hydrogens (tertiary/aromatic N) is 4. The number of carbonyl (C=O) groups is 1. The SMILES string of the molecule is Cc1cccc(-c2nc3nc(C)c(CC(=O)Nc4ccc(F)cc4)c(C)n3n2)c1. The highest BCUT2D eigenvalue weighted by atomic mass is 19.1. The van der Waals surface area contributed by atoms with E-state index < -0.39 is 0 Å². The molecule has 6 nitrogen and oxygen atoms in total. The molecule has 29 heavy (non-hydrogen) atoms. The van der Waals surface area contributed by atoms with Crippen molar-refractivity contribution >= 4 is 17.4 Å². The topological polar surface area (TPSA) is 72.2 Å². The number of aryl methyl sites for hydroxylation is 3. The fourth-order valence-corrected chi connectivity index (χ4v) is 3.27. The molecule has 4 aromatic rings. The van der Waals surface area contributed by atoms with E-state index in [-0.39, 0.29) is 18.1 Å². The second-order valence-electron chi connectivity index (χ2n) is 7.01. The van der Waals surface area contributed by atoms with E-state index in [4.69, 9.17) is 0 Å². The summed E-state index contributed by atoms with van der Waals surface area (Å²) in [5.41, 5.74) is 4.92. The van der Waals surface area contributed by atoms with Crippen LogP contribution in [0.15, 0.2) is 48.5 Å². The van der Waals surface area contributed by atoms with E-state index in [0.29, 0.717) is 17.3 Å². The maximum Gasteiger partial charge on any atom is 0.253 e. The van der Waals surface area contributed by atoms with Gasteiger partial charge in [-0.3, -0.25) is 4.79 Å². The molecule has 2 aromatic heterocycles. The zero-order valence-electron chi connectivity index (χ0n) is 16.4. The van der Waals surface area contributed by atoms with Gasteiger partial charge in [0.15, 0.2) is 5.82 Å². The molecule has 0 saturated carbocycles. The van der Waals surface area contributed by atoms with Crippen LogP contribution in [0.1, 0.15) is 22.5 Å². The van der Waals surface area contributed by atoms with E-state index in [0.717, 1.165) is 28.1 Å².